The first-order valence-corrected chi connectivity index (χ1v) is 10.2. The van der Waals surface area contributed by atoms with Gasteiger partial charge in [0.1, 0.15) is 0 Å². The molecule has 0 N–H and O–H groups in total. The number of aromatic nitrogens is 4. The minimum absolute atomic E-state index is 0.0801. The number of fused-ring (bicyclic) bond motifs is 1. The molecule has 0 unspecified atom stereocenters. The molecule has 0 bridgehead atoms. The van der Waals surface area contributed by atoms with E-state index in [2.05, 4.69) is 27.2 Å². The zero-order valence-electron chi connectivity index (χ0n) is 16.6. The van der Waals surface area contributed by atoms with Gasteiger partial charge in [0.2, 0.25) is 0 Å². The number of morpholine rings is 1. The van der Waals surface area contributed by atoms with Crippen LogP contribution in [-0.4, -0.2) is 57.1 Å². The van der Waals surface area contributed by atoms with Gasteiger partial charge >= 0.3 is 0 Å². The van der Waals surface area contributed by atoms with Crippen molar-refractivity contribution in [1.29, 1.82) is 0 Å². The van der Waals surface area contributed by atoms with Crippen LogP contribution >= 0.6 is 0 Å². The molecule has 7 nitrogen and oxygen atoms in total. The Morgan fingerprint density at radius 1 is 0.833 bits per heavy atom. The molecule has 7 heteroatoms. The van der Waals surface area contributed by atoms with Crippen molar-refractivity contribution in [2.45, 2.75) is 6.54 Å². The SMILES string of the molecule is O=c1ccc(-c2cccc(-c3cc4ccccn4n3)c2)nn1CCN1CCOCC1. The van der Waals surface area contributed by atoms with Gasteiger partial charge in [0.05, 0.1) is 36.7 Å². The number of rotatable bonds is 5. The van der Waals surface area contributed by atoms with Gasteiger partial charge in [-0.15, -0.1) is 0 Å². The fourth-order valence-electron chi connectivity index (χ4n) is 3.74. The van der Waals surface area contributed by atoms with E-state index in [1.807, 2.05) is 47.1 Å². The maximum Gasteiger partial charge on any atom is 0.266 e. The van der Waals surface area contributed by atoms with E-state index in [0.29, 0.717) is 6.54 Å². The van der Waals surface area contributed by atoms with Gasteiger partial charge in [-0.2, -0.15) is 10.2 Å². The van der Waals surface area contributed by atoms with Gasteiger partial charge in [0.15, 0.2) is 0 Å². The zero-order chi connectivity index (χ0) is 20.3. The Morgan fingerprint density at radius 3 is 2.50 bits per heavy atom. The maximum absolute atomic E-state index is 12.3. The highest BCUT2D eigenvalue weighted by molar-refractivity contribution is 5.71. The number of nitrogens with zero attached hydrogens (tertiary/aromatic N) is 5. The Kier molecular flexibility index (Phi) is 5.13. The predicted molar refractivity (Wildman–Crippen MR) is 115 cm³/mol. The summed E-state index contributed by atoms with van der Waals surface area (Å²) in [5.74, 6) is 0. The highest BCUT2D eigenvalue weighted by atomic mass is 16.5. The molecule has 4 heterocycles. The van der Waals surface area contributed by atoms with E-state index in [1.165, 1.54) is 0 Å². The molecule has 1 fully saturated rings. The Labute approximate surface area is 174 Å². The molecular formula is C23H23N5O2. The molecule has 0 aliphatic carbocycles. The largest absolute Gasteiger partial charge is 0.379 e. The molecule has 0 radical (unpaired) electrons. The van der Waals surface area contributed by atoms with Crippen molar-refractivity contribution in [3.63, 3.8) is 0 Å². The normalized spacial score (nSPS) is 14.9. The van der Waals surface area contributed by atoms with Crippen LogP contribution in [0, 0.1) is 0 Å². The number of hydrogen-bond donors (Lipinski definition) is 0. The lowest BCUT2D eigenvalue weighted by Gasteiger charge is -2.26. The highest BCUT2D eigenvalue weighted by Gasteiger charge is 2.12. The molecule has 3 aromatic heterocycles. The molecule has 1 saturated heterocycles. The molecule has 152 valence electrons. The lowest BCUT2D eigenvalue weighted by Crippen LogP contribution is -2.39. The quantitative estimate of drug-likeness (QED) is 0.514. The molecule has 0 amide bonds. The minimum Gasteiger partial charge on any atom is -0.379 e. The second-order valence-electron chi connectivity index (χ2n) is 7.41. The standard InChI is InChI=1S/C23H23N5O2/c29-23-8-7-21(24-28(23)11-10-26-12-14-30-15-13-26)18-4-3-5-19(16-18)22-17-20-6-1-2-9-27(20)25-22/h1-9,16-17H,10-15H2. The Morgan fingerprint density at radius 2 is 1.67 bits per heavy atom. The molecule has 4 aromatic rings. The van der Waals surface area contributed by atoms with Gasteiger partial charge in [-0.25, -0.2) is 9.20 Å². The molecule has 0 saturated carbocycles. The van der Waals surface area contributed by atoms with E-state index in [4.69, 9.17) is 4.74 Å². The van der Waals surface area contributed by atoms with Gasteiger partial charge < -0.3 is 4.74 Å². The van der Waals surface area contributed by atoms with Crippen LogP contribution in [0.5, 0.6) is 0 Å². The number of pyridine rings is 1. The van der Waals surface area contributed by atoms with Crippen LogP contribution in [0.4, 0.5) is 0 Å². The maximum atomic E-state index is 12.3. The lowest BCUT2D eigenvalue weighted by atomic mass is 10.1. The van der Waals surface area contributed by atoms with E-state index >= 15 is 0 Å². The summed E-state index contributed by atoms with van der Waals surface area (Å²) in [6, 6.07) is 19.6. The van der Waals surface area contributed by atoms with Crippen molar-refractivity contribution in [2.24, 2.45) is 0 Å². The summed E-state index contributed by atoms with van der Waals surface area (Å²) in [4.78, 5) is 14.6. The van der Waals surface area contributed by atoms with E-state index in [-0.39, 0.29) is 5.56 Å². The number of benzene rings is 1. The third kappa shape index (κ3) is 3.90. The number of ether oxygens (including phenoxy) is 1. The summed E-state index contributed by atoms with van der Waals surface area (Å²) in [7, 11) is 0. The van der Waals surface area contributed by atoms with Gasteiger partial charge in [0, 0.05) is 43.0 Å². The first-order chi connectivity index (χ1) is 14.8. The van der Waals surface area contributed by atoms with Gasteiger partial charge in [-0.05, 0) is 30.3 Å². The van der Waals surface area contributed by atoms with E-state index < -0.39 is 0 Å². The first kappa shape index (κ1) is 18.7. The highest BCUT2D eigenvalue weighted by Crippen LogP contribution is 2.25. The monoisotopic (exact) mass is 401 g/mol. The third-order valence-electron chi connectivity index (χ3n) is 5.42. The summed E-state index contributed by atoms with van der Waals surface area (Å²) < 4.78 is 8.81. The Bertz CT molecular complexity index is 1190. The molecule has 1 aromatic carbocycles. The van der Waals surface area contributed by atoms with Crippen LogP contribution in [0.25, 0.3) is 28.0 Å². The average molecular weight is 401 g/mol. The summed E-state index contributed by atoms with van der Waals surface area (Å²) in [5, 5.41) is 9.28. The fourth-order valence-corrected chi connectivity index (χ4v) is 3.74. The van der Waals surface area contributed by atoms with Crippen molar-refractivity contribution in [3.05, 3.63) is 77.2 Å². The third-order valence-corrected chi connectivity index (χ3v) is 5.42. The minimum atomic E-state index is -0.0801. The van der Waals surface area contributed by atoms with Crippen molar-refractivity contribution >= 4 is 5.52 Å². The van der Waals surface area contributed by atoms with Gasteiger partial charge in [0.25, 0.3) is 5.56 Å². The van der Waals surface area contributed by atoms with Crippen LogP contribution in [0.1, 0.15) is 0 Å². The van der Waals surface area contributed by atoms with Crippen LogP contribution in [0.2, 0.25) is 0 Å². The van der Waals surface area contributed by atoms with Crippen LogP contribution in [-0.2, 0) is 11.3 Å². The van der Waals surface area contributed by atoms with Crippen molar-refractivity contribution in [1.82, 2.24) is 24.3 Å². The van der Waals surface area contributed by atoms with Crippen molar-refractivity contribution in [2.75, 3.05) is 32.8 Å². The fraction of sp³-hybridized carbons (Fsp3) is 0.261. The van der Waals surface area contributed by atoms with Gasteiger partial charge in [-0.1, -0.05) is 24.3 Å². The number of hydrogen-bond acceptors (Lipinski definition) is 5. The lowest BCUT2D eigenvalue weighted by molar-refractivity contribution is 0.0358. The Balaban J connectivity index is 1.41. The summed E-state index contributed by atoms with van der Waals surface area (Å²) in [6.45, 7) is 4.65. The zero-order valence-corrected chi connectivity index (χ0v) is 16.6. The van der Waals surface area contributed by atoms with Crippen LogP contribution in [0.15, 0.2) is 71.7 Å². The Hall–Kier alpha value is -3.29. The molecular weight excluding hydrogens is 378 g/mol. The van der Waals surface area contributed by atoms with E-state index in [9.17, 15) is 4.79 Å². The molecule has 1 aliphatic rings. The predicted octanol–water partition coefficient (Wildman–Crippen LogP) is 2.56. The molecule has 30 heavy (non-hydrogen) atoms. The topological polar surface area (TPSA) is 64.7 Å². The van der Waals surface area contributed by atoms with Gasteiger partial charge in [-0.3, -0.25) is 9.69 Å². The van der Waals surface area contributed by atoms with Crippen LogP contribution in [0.3, 0.4) is 0 Å². The van der Waals surface area contributed by atoms with Crippen LogP contribution < -0.4 is 5.56 Å². The average Bonchev–Trinajstić information content (AvgIpc) is 3.24. The molecule has 0 spiro atoms. The second kappa shape index (κ2) is 8.22. The summed E-state index contributed by atoms with van der Waals surface area (Å²) in [5.41, 5.74) is 4.64. The molecule has 0 atom stereocenters. The van der Waals surface area contributed by atoms with Crippen molar-refractivity contribution < 1.29 is 4.74 Å². The smallest absolute Gasteiger partial charge is 0.266 e. The summed E-state index contributed by atoms with van der Waals surface area (Å²) >= 11 is 0. The van der Waals surface area contributed by atoms with Crippen molar-refractivity contribution in [3.8, 4) is 22.5 Å². The molecule has 1 aliphatic heterocycles. The second-order valence-corrected chi connectivity index (χ2v) is 7.41. The van der Waals surface area contributed by atoms with E-state index in [0.717, 1.165) is 60.9 Å². The van der Waals surface area contributed by atoms with E-state index in [1.54, 1.807) is 16.8 Å². The first-order valence-electron chi connectivity index (χ1n) is 10.2. The molecule has 5 rings (SSSR count). The summed E-state index contributed by atoms with van der Waals surface area (Å²) in [6.07, 6.45) is 1.94.